The minimum absolute atomic E-state index is 0.172. The fraction of sp³-hybridized carbons (Fsp3) is 0.429. The van der Waals surface area contributed by atoms with Crippen LogP contribution in [0.2, 0.25) is 0 Å². The van der Waals surface area contributed by atoms with E-state index in [2.05, 4.69) is 21.5 Å². The van der Waals surface area contributed by atoms with Crippen molar-refractivity contribution in [3.63, 3.8) is 0 Å². The molecule has 18 heavy (non-hydrogen) atoms. The van der Waals surface area contributed by atoms with Crippen LogP contribution in [0, 0.1) is 5.92 Å². The standard InChI is InChI=1S/C14H18N4/c15-18-12(7-6-10-4-5-10)11-2-1-3-13-14(11)17-9-8-16-13/h1-3,8-10,12,18H,4-7,15H2. The van der Waals surface area contributed by atoms with E-state index in [0.717, 1.165) is 28.9 Å². The summed E-state index contributed by atoms with van der Waals surface area (Å²) >= 11 is 0. The van der Waals surface area contributed by atoms with Gasteiger partial charge in [0.2, 0.25) is 0 Å². The average Bonchev–Trinajstić information content (AvgIpc) is 3.24. The third kappa shape index (κ3) is 2.35. The molecule has 0 bridgehead atoms. The molecule has 3 N–H and O–H groups in total. The lowest BCUT2D eigenvalue weighted by Crippen LogP contribution is -2.28. The number of nitrogens with one attached hydrogen (secondary N) is 1. The van der Waals surface area contributed by atoms with E-state index in [1.807, 2.05) is 12.1 Å². The van der Waals surface area contributed by atoms with Crippen LogP contribution >= 0.6 is 0 Å². The number of rotatable bonds is 5. The van der Waals surface area contributed by atoms with Gasteiger partial charge in [-0.25, -0.2) is 0 Å². The lowest BCUT2D eigenvalue weighted by molar-refractivity contribution is 0.484. The minimum Gasteiger partial charge on any atom is -0.271 e. The van der Waals surface area contributed by atoms with Gasteiger partial charge in [-0.2, -0.15) is 0 Å². The fourth-order valence-electron chi connectivity index (χ4n) is 2.43. The van der Waals surface area contributed by atoms with Crippen molar-refractivity contribution in [1.82, 2.24) is 15.4 Å². The zero-order valence-electron chi connectivity index (χ0n) is 10.3. The molecule has 1 atom stereocenters. The summed E-state index contributed by atoms with van der Waals surface area (Å²) in [6.45, 7) is 0. The highest BCUT2D eigenvalue weighted by Gasteiger charge is 2.23. The van der Waals surface area contributed by atoms with E-state index in [1.54, 1.807) is 12.4 Å². The molecule has 1 heterocycles. The van der Waals surface area contributed by atoms with E-state index in [9.17, 15) is 0 Å². The van der Waals surface area contributed by atoms with E-state index >= 15 is 0 Å². The van der Waals surface area contributed by atoms with Crippen molar-refractivity contribution < 1.29 is 0 Å². The summed E-state index contributed by atoms with van der Waals surface area (Å²) < 4.78 is 0. The normalized spacial score (nSPS) is 16.9. The second-order valence-electron chi connectivity index (χ2n) is 5.01. The zero-order chi connectivity index (χ0) is 12.4. The highest BCUT2D eigenvalue weighted by atomic mass is 15.2. The monoisotopic (exact) mass is 242 g/mol. The highest BCUT2D eigenvalue weighted by molar-refractivity contribution is 5.78. The Morgan fingerprint density at radius 3 is 2.89 bits per heavy atom. The average molecular weight is 242 g/mol. The van der Waals surface area contributed by atoms with Crippen molar-refractivity contribution in [2.24, 2.45) is 11.8 Å². The van der Waals surface area contributed by atoms with Gasteiger partial charge in [0, 0.05) is 18.4 Å². The first-order valence-corrected chi connectivity index (χ1v) is 6.54. The van der Waals surface area contributed by atoms with Crippen LogP contribution in [0.25, 0.3) is 11.0 Å². The molecular formula is C14H18N4. The summed E-state index contributed by atoms with van der Waals surface area (Å²) in [6.07, 6.45) is 8.53. The van der Waals surface area contributed by atoms with Crippen molar-refractivity contribution in [2.75, 3.05) is 0 Å². The number of nitrogens with two attached hydrogens (primary N) is 1. The molecule has 0 amide bonds. The Hall–Kier alpha value is -1.52. The number of hydrogen-bond acceptors (Lipinski definition) is 4. The van der Waals surface area contributed by atoms with Gasteiger partial charge in [0.25, 0.3) is 0 Å². The number of benzene rings is 1. The van der Waals surface area contributed by atoms with Gasteiger partial charge >= 0.3 is 0 Å². The van der Waals surface area contributed by atoms with E-state index in [4.69, 9.17) is 5.84 Å². The first-order valence-electron chi connectivity index (χ1n) is 6.54. The molecule has 4 nitrogen and oxygen atoms in total. The molecule has 2 aromatic rings. The minimum atomic E-state index is 0.172. The lowest BCUT2D eigenvalue weighted by Gasteiger charge is -2.17. The van der Waals surface area contributed by atoms with Gasteiger partial charge in [-0.3, -0.25) is 21.2 Å². The third-order valence-electron chi connectivity index (χ3n) is 3.67. The van der Waals surface area contributed by atoms with Crippen LogP contribution in [0.5, 0.6) is 0 Å². The summed E-state index contributed by atoms with van der Waals surface area (Å²) in [6, 6.07) is 6.27. The van der Waals surface area contributed by atoms with E-state index in [1.165, 1.54) is 19.3 Å². The molecule has 1 unspecified atom stereocenters. The predicted molar refractivity (Wildman–Crippen MR) is 71.6 cm³/mol. The molecule has 0 saturated heterocycles. The summed E-state index contributed by atoms with van der Waals surface area (Å²) in [5, 5.41) is 0. The van der Waals surface area contributed by atoms with Gasteiger partial charge in [-0.1, -0.05) is 25.0 Å². The van der Waals surface area contributed by atoms with E-state index < -0.39 is 0 Å². The summed E-state index contributed by atoms with van der Waals surface area (Å²) in [7, 11) is 0. The molecule has 94 valence electrons. The summed E-state index contributed by atoms with van der Waals surface area (Å²) in [5.41, 5.74) is 5.97. The molecule has 3 rings (SSSR count). The van der Waals surface area contributed by atoms with Crippen LogP contribution < -0.4 is 11.3 Å². The second kappa shape index (κ2) is 5.00. The van der Waals surface area contributed by atoms with Crippen molar-refractivity contribution >= 4 is 11.0 Å². The van der Waals surface area contributed by atoms with Gasteiger partial charge in [0.05, 0.1) is 11.0 Å². The smallest absolute Gasteiger partial charge is 0.0935 e. The Kier molecular flexibility index (Phi) is 3.21. The molecule has 1 aliphatic carbocycles. The Morgan fingerprint density at radius 1 is 1.28 bits per heavy atom. The van der Waals surface area contributed by atoms with Gasteiger partial charge < -0.3 is 0 Å². The topological polar surface area (TPSA) is 63.8 Å². The Labute approximate surface area is 107 Å². The van der Waals surface area contributed by atoms with Gasteiger partial charge in [0.15, 0.2) is 0 Å². The van der Waals surface area contributed by atoms with Crippen molar-refractivity contribution in [2.45, 2.75) is 31.7 Å². The molecule has 1 aromatic heterocycles. The van der Waals surface area contributed by atoms with E-state index in [-0.39, 0.29) is 6.04 Å². The van der Waals surface area contributed by atoms with Crippen LogP contribution in [-0.4, -0.2) is 9.97 Å². The largest absolute Gasteiger partial charge is 0.271 e. The van der Waals surface area contributed by atoms with E-state index in [0.29, 0.717) is 0 Å². The number of aromatic nitrogens is 2. The first kappa shape index (κ1) is 11.6. The summed E-state index contributed by atoms with van der Waals surface area (Å²) in [5.74, 6) is 6.62. The third-order valence-corrected chi connectivity index (χ3v) is 3.67. The summed E-state index contributed by atoms with van der Waals surface area (Å²) in [4.78, 5) is 8.77. The molecule has 0 spiro atoms. The molecule has 0 radical (unpaired) electrons. The zero-order valence-corrected chi connectivity index (χ0v) is 10.3. The van der Waals surface area contributed by atoms with Crippen molar-refractivity contribution in [1.29, 1.82) is 0 Å². The first-order chi connectivity index (χ1) is 8.88. The van der Waals surface area contributed by atoms with Crippen LogP contribution in [0.3, 0.4) is 0 Å². The Bertz CT molecular complexity index is 531. The van der Waals surface area contributed by atoms with Crippen molar-refractivity contribution in [3.8, 4) is 0 Å². The molecule has 4 heteroatoms. The maximum atomic E-state index is 5.70. The molecule has 1 fully saturated rings. The van der Waals surface area contributed by atoms with Crippen LogP contribution in [-0.2, 0) is 0 Å². The number of nitrogens with zero attached hydrogens (tertiary/aromatic N) is 2. The van der Waals surface area contributed by atoms with Gasteiger partial charge in [-0.05, 0) is 30.4 Å². The van der Waals surface area contributed by atoms with Gasteiger partial charge in [0.1, 0.15) is 0 Å². The quantitative estimate of drug-likeness (QED) is 0.624. The van der Waals surface area contributed by atoms with Gasteiger partial charge in [-0.15, -0.1) is 0 Å². The molecule has 0 aliphatic heterocycles. The second-order valence-corrected chi connectivity index (χ2v) is 5.01. The number of hydrazine groups is 1. The molecular weight excluding hydrogens is 224 g/mol. The van der Waals surface area contributed by atoms with Crippen LogP contribution in [0.15, 0.2) is 30.6 Å². The van der Waals surface area contributed by atoms with Crippen molar-refractivity contribution in [3.05, 3.63) is 36.2 Å². The molecule has 1 aromatic carbocycles. The highest BCUT2D eigenvalue weighted by Crippen LogP contribution is 2.36. The number of hydrogen-bond donors (Lipinski definition) is 2. The maximum absolute atomic E-state index is 5.70. The lowest BCUT2D eigenvalue weighted by atomic mass is 9.99. The Balaban J connectivity index is 1.89. The number of para-hydroxylation sites is 1. The number of fused-ring (bicyclic) bond motifs is 1. The SMILES string of the molecule is NNC(CCC1CC1)c1cccc2nccnc12. The molecule has 1 saturated carbocycles. The molecule has 1 aliphatic rings. The van der Waals surface area contributed by atoms with Crippen LogP contribution in [0.1, 0.15) is 37.3 Å². The predicted octanol–water partition coefficient (Wildman–Crippen LogP) is 2.32. The maximum Gasteiger partial charge on any atom is 0.0935 e. The fourth-order valence-corrected chi connectivity index (χ4v) is 2.43. The van der Waals surface area contributed by atoms with Crippen LogP contribution in [0.4, 0.5) is 0 Å². The Morgan fingerprint density at radius 2 is 2.11 bits per heavy atom.